The molecule has 134 valence electrons. The van der Waals surface area contributed by atoms with E-state index in [0.717, 1.165) is 31.4 Å². The van der Waals surface area contributed by atoms with Gasteiger partial charge in [0.2, 0.25) is 5.91 Å². The van der Waals surface area contributed by atoms with E-state index >= 15 is 0 Å². The molecule has 3 unspecified atom stereocenters. The van der Waals surface area contributed by atoms with Crippen LogP contribution >= 0.6 is 12.4 Å². The first kappa shape index (κ1) is 19.5. The quantitative estimate of drug-likeness (QED) is 0.878. The van der Waals surface area contributed by atoms with Crippen molar-refractivity contribution >= 4 is 18.3 Å². The summed E-state index contributed by atoms with van der Waals surface area (Å²) in [6, 6.07) is 20.4. The van der Waals surface area contributed by atoms with Crippen LogP contribution in [0.1, 0.15) is 36.9 Å². The van der Waals surface area contributed by atoms with E-state index in [9.17, 15) is 4.79 Å². The van der Waals surface area contributed by atoms with Crippen LogP contribution < -0.4 is 5.73 Å². The predicted octanol–water partition coefficient (Wildman–Crippen LogP) is 3.98. The van der Waals surface area contributed by atoms with E-state index in [1.165, 1.54) is 5.56 Å². The summed E-state index contributed by atoms with van der Waals surface area (Å²) in [7, 11) is 0. The van der Waals surface area contributed by atoms with Gasteiger partial charge in [0, 0.05) is 18.6 Å². The first-order chi connectivity index (χ1) is 11.7. The zero-order chi connectivity index (χ0) is 16.9. The molecule has 2 aromatic carbocycles. The lowest BCUT2D eigenvalue weighted by Gasteiger charge is -2.30. The van der Waals surface area contributed by atoms with Crippen LogP contribution in [0.3, 0.4) is 0 Å². The maximum atomic E-state index is 13.0. The fourth-order valence-electron chi connectivity index (χ4n) is 3.60. The lowest BCUT2D eigenvalue weighted by Crippen LogP contribution is -2.42. The zero-order valence-corrected chi connectivity index (χ0v) is 15.5. The highest BCUT2D eigenvalue weighted by Crippen LogP contribution is 2.27. The first-order valence-corrected chi connectivity index (χ1v) is 8.81. The number of hydrogen-bond acceptors (Lipinski definition) is 2. The number of amides is 1. The molecule has 3 atom stereocenters. The van der Waals surface area contributed by atoms with Gasteiger partial charge >= 0.3 is 0 Å². The van der Waals surface area contributed by atoms with Gasteiger partial charge in [-0.25, -0.2) is 0 Å². The number of rotatable bonds is 5. The van der Waals surface area contributed by atoms with E-state index in [1.807, 2.05) is 43.3 Å². The summed E-state index contributed by atoms with van der Waals surface area (Å²) in [5.74, 6) is -0.0199. The molecule has 1 fully saturated rings. The molecule has 25 heavy (non-hydrogen) atoms. The number of nitrogens with two attached hydrogens (primary N) is 1. The Bertz CT molecular complexity index is 662. The van der Waals surface area contributed by atoms with Crippen LogP contribution in [0.25, 0.3) is 0 Å². The molecule has 0 aliphatic carbocycles. The number of hydrogen-bond donors (Lipinski definition) is 1. The van der Waals surface area contributed by atoms with Crippen LogP contribution in [0, 0.1) is 5.92 Å². The fraction of sp³-hybridized carbons (Fsp3) is 0.381. The Labute approximate surface area is 156 Å². The second kappa shape index (κ2) is 9.02. The van der Waals surface area contributed by atoms with Gasteiger partial charge in [0.1, 0.15) is 0 Å². The summed E-state index contributed by atoms with van der Waals surface area (Å²) in [5, 5.41) is 0. The van der Waals surface area contributed by atoms with Crippen LogP contribution in [-0.2, 0) is 11.2 Å². The van der Waals surface area contributed by atoms with Crippen LogP contribution in [0.4, 0.5) is 0 Å². The van der Waals surface area contributed by atoms with Crippen molar-refractivity contribution in [3.8, 4) is 0 Å². The maximum absolute atomic E-state index is 13.0. The molecule has 0 aromatic heterocycles. The average Bonchev–Trinajstić information content (AvgIpc) is 3.09. The molecule has 0 spiro atoms. The van der Waals surface area contributed by atoms with Gasteiger partial charge in [0.25, 0.3) is 0 Å². The molecule has 2 aromatic rings. The van der Waals surface area contributed by atoms with Gasteiger partial charge in [-0.05, 0) is 30.4 Å². The topological polar surface area (TPSA) is 46.3 Å². The summed E-state index contributed by atoms with van der Waals surface area (Å²) in [5.41, 5.74) is 8.68. The van der Waals surface area contributed by atoms with E-state index in [2.05, 4.69) is 29.2 Å². The van der Waals surface area contributed by atoms with Crippen molar-refractivity contribution in [3.63, 3.8) is 0 Å². The van der Waals surface area contributed by atoms with Crippen molar-refractivity contribution in [1.29, 1.82) is 0 Å². The summed E-state index contributed by atoms with van der Waals surface area (Å²) in [6.07, 6.45) is 3.09. The maximum Gasteiger partial charge on any atom is 0.227 e. The van der Waals surface area contributed by atoms with Crippen molar-refractivity contribution < 1.29 is 4.79 Å². The van der Waals surface area contributed by atoms with E-state index in [1.54, 1.807) is 0 Å². The molecule has 3 rings (SSSR count). The molecule has 2 N–H and O–H groups in total. The van der Waals surface area contributed by atoms with Crippen LogP contribution in [-0.4, -0.2) is 23.4 Å². The normalized spacial score (nSPS) is 19.1. The SMILES string of the molecule is CC(C(=O)N1CCCC1Cc1ccccc1)C(N)c1ccccc1.Cl. The third-order valence-corrected chi connectivity index (χ3v) is 5.09. The average molecular weight is 359 g/mol. The van der Waals surface area contributed by atoms with E-state index in [-0.39, 0.29) is 30.3 Å². The number of carbonyl (C=O) groups excluding carboxylic acids is 1. The lowest BCUT2D eigenvalue weighted by atomic mass is 9.93. The van der Waals surface area contributed by atoms with Crippen molar-refractivity contribution in [2.24, 2.45) is 11.7 Å². The minimum absolute atomic E-state index is 0. The molecule has 3 nitrogen and oxygen atoms in total. The van der Waals surface area contributed by atoms with Gasteiger partial charge in [-0.15, -0.1) is 12.4 Å². The minimum Gasteiger partial charge on any atom is -0.339 e. The number of likely N-dealkylation sites (tertiary alicyclic amines) is 1. The summed E-state index contributed by atoms with van der Waals surface area (Å²) in [6.45, 7) is 2.81. The van der Waals surface area contributed by atoms with Crippen LogP contribution in [0.2, 0.25) is 0 Å². The van der Waals surface area contributed by atoms with Crippen LogP contribution in [0.15, 0.2) is 60.7 Å². The molecule has 0 radical (unpaired) electrons. The van der Waals surface area contributed by atoms with Gasteiger partial charge in [0.15, 0.2) is 0 Å². The third kappa shape index (κ3) is 4.62. The molecule has 1 heterocycles. The van der Waals surface area contributed by atoms with Crippen molar-refractivity contribution in [3.05, 3.63) is 71.8 Å². The molecule has 1 saturated heterocycles. The summed E-state index contributed by atoms with van der Waals surface area (Å²) >= 11 is 0. The molecule has 1 aliphatic heterocycles. The fourth-order valence-corrected chi connectivity index (χ4v) is 3.60. The molecule has 4 heteroatoms. The van der Waals surface area contributed by atoms with Gasteiger partial charge in [-0.1, -0.05) is 67.6 Å². The van der Waals surface area contributed by atoms with E-state index in [4.69, 9.17) is 5.73 Å². The Morgan fingerprint density at radius 3 is 2.36 bits per heavy atom. The standard InChI is InChI=1S/C21H26N2O.ClH/c1-16(20(22)18-11-6-3-7-12-18)21(24)23-14-8-13-19(23)15-17-9-4-2-5-10-17;/h2-7,9-12,16,19-20H,8,13-15,22H2,1H3;1H. The lowest BCUT2D eigenvalue weighted by molar-refractivity contribution is -0.136. The Morgan fingerprint density at radius 1 is 1.12 bits per heavy atom. The van der Waals surface area contributed by atoms with Gasteiger partial charge in [0.05, 0.1) is 5.92 Å². The highest BCUT2D eigenvalue weighted by molar-refractivity contribution is 5.85. The number of carbonyl (C=O) groups is 1. The zero-order valence-electron chi connectivity index (χ0n) is 14.7. The second-order valence-electron chi connectivity index (χ2n) is 6.74. The smallest absolute Gasteiger partial charge is 0.227 e. The highest BCUT2D eigenvalue weighted by Gasteiger charge is 2.33. The molecule has 0 bridgehead atoms. The largest absolute Gasteiger partial charge is 0.339 e. The number of nitrogens with zero attached hydrogens (tertiary/aromatic N) is 1. The highest BCUT2D eigenvalue weighted by atomic mass is 35.5. The van der Waals surface area contributed by atoms with E-state index in [0.29, 0.717) is 6.04 Å². The van der Waals surface area contributed by atoms with E-state index < -0.39 is 0 Å². The molecular formula is C21H27ClN2O. The molecule has 1 amide bonds. The second-order valence-corrected chi connectivity index (χ2v) is 6.74. The number of halogens is 1. The Kier molecular flexibility index (Phi) is 7.03. The Balaban J connectivity index is 0.00000225. The summed E-state index contributed by atoms with van der Waals surface area (Å²) < 4.78 is 0. The predicted molar refractivity (Wildman–Crippen MR) is 105 cm³/mol. The molecule has 1 aliphatic rings. The monoisotopic (exact) mass is 358 g/mol. The van der Waals surface area contributed by atoms with Crippen molar-refractivity contribution in [2.45, 2.75) is 38.3 Å². The Hall–Kier alpha value is -1.84. The minimum atomic E-state index is -0.253. The third-order valence-electron chi connectivity index (χ3n) is 5.09. The molecule has 0 saturated carbocycles. The van der Waals surface area contributed by atoms with Gasteiger partial charge in [-0.3, -0.25) is 4.79 Å². The van der Waals surface area contributed by atoms with Gasteiger partial charge < -0.3 is 10.6 Å². The Morgan fingerprint density at radius 2 is 1.72 bits per heavy atom. The van der Waals surface area contributed by atoms with Gasteiger partial charge in [-0.2, -0.15) is 0 Å². The van der Waals surface area contributed by atoms with Crippen molar-refractivity contribution in [1.82, 2.24) is 4.90 Å². The first-order valence-electron chi connectivity index (χ1n) is 8.81. The summed E-state index contributed by atoms with van der Waals surface area (Å²) in [4.78, 5) is 15.1. The number of benzene rings is 2. The van der Waals surface area contributed by atoms with Crippen molar-refractivity contribution in [2.75, 3.05) is 6.54 Å². The molecular weight excluding hydrogens is 332 g/mol. The van der Waals surface area contributed by atoms with Crippen LogP contribution in [0.5, 0.6) is 0 Å².